The Labute approximate surface area is 194 Å². The highest BCUT2D eigenvalue weighted by molar-refractivity contribution is 7.17. The molecule has 0 unspecified atom stereocenters. The monoisotopic (exact) mass is 472 g/mol. The summed E-state index contributed by atoms with van der Waals surface area (Å²) in [5.41, 5.74) is 1.00. The van der Waals surface area contributed by atoms with Gasteiger partial charge in [-0.15, -0.1) is 11.3 Å². The molecule has 2 amide bonds. The number of nitrogens with one attached hydrogen (secondary N) is 1. The molecule has 9 nitrogen and oxygen atoms in total. The van der Waals surface area contributed by atoms with Gasteiger partial charge in [-0.05, 0) is 43.8 Å². The van der Waals surface area contributed by atoms with E-state index in [9.17, 15) is 14.0 Å². The number of amides is 2. The Hall–Kier alpha value is -3.34. The summed E-state index contributed by atoms with van der Waals surface area (Å²) in [4.78, 5) is 41.4. The summed E-state index contributed by atoms with van der Waals surface area (Å²) in [7, 11) is 1.67. The quantitative estimate of drug-likeness (QED) is 0.606. The van der Waals surface area contributed by atoms with Crippen molar-refractivity contribution in [1.29, 1.82) is 0 Å². The van der Waals surface area contributed by atoms with Gasteiger partial charge in [0.15, 0.2) is 5.69 Å². The first-order valence-electron chi connectivity index (χ1n) is 10.4. The number of carbonyl (C=O) groups excluding carboxylic acids is 2. The number of likely N-dealkylation sites (N-methyl/N-ethyl adjacent to an activating group) is 1. The van der Waals surface area contributed by atoms with Crippen LogP contribution in [0, 0.1) is 5.82 Å². The molecular weight excluding hydrogens is 447 g/mol. The van der Waals surface area contributed by atoms with Crippen LogP contribution < -0.4 is 5.32 Å². The van der Waals surface area contributed by atoms with Crippen LogP contribution in [0.15, 0.2) is 29.9 Å². The van der Waals surface area contributed by atoms with Crippen LogP contribution in [0.4, 0.5) is 15.1 Å². The fourth-order valence-electron chi connectivity index (χ4n) is 3.32. The van der Waals surface area contributed by atoms with Crippen LogP contribution >= 0.6 is 11.3 Å². The topological polar surface area (TPSA) is 101 Å². The van der Waals surface area contributed by atoms with E-state index in [0.717, 1.165) is 6.20 Å². The number of carbonyl (C=O) groups is 2. The second-order valence-corrected chi connectivity index (χ2v) is 9.77. The molecule has 33 heavy (non-hydrogen) atoms. The van der Waals surface area contributed by atoms with E-state index in [4.69, 9.17) is 4.74 Å². The van der Waals surface area contributed by atoms with Crippen molar-refractivity contribution >= 4 is 39.5 Å². The lowest BCUT2D eigenvalue weighted by Crippen LogP contribution is -2.61. The van der Waals surface area contributed by atoms with Gasteiger partial charge in [0.1, 0.15) is 11.4 Å². The summed E-state index contributed by atoms with van der Waals surface area (Å²) in [6.45, 7) is 6.49. The van der Waals surface area contributed by atoms with Crippen molar-refractivity contribution in [3.05, 3.63) is 47.0 Å². The molecule has 3 aromatic rings. The standard InChI is InChI=1S/C22H25FN6O3S/c1-22(2,3)32-21(31)28(4)15-11-29(12-15)19(30)17-18-16(5-6-33-18)26-20(27-17)25-9-13-7-14(23)10-24-8-13/h5-8,10,15H,9,11-12H2,1-4H3,(H,25,26,27). The van der Waals surface area contributed by atoms with Gasteiger partial charge in [0.05, 0.1) is 22.5 Å². The van der Waals surface area contributed by atoms with Crippen LogP contribution in [0.5, 0.6) is 0 Å². The molecule has 4 heterocycles. The molecule has 0 atom stereocenters. The Morgan fingerprint density at radius 2 is 2.06 bits per heavy atom. The first kappa shape index (κ1) is 22.8. The van der Waals surface area contributed by atoms with Gasteiger partial charge < -0.3 is 19.9 Å². The smallest absolute Gasteiger partial charge is 0.410 e. The minimum absolute atomic E-state index is 0.123. The average molecular weight is 473 g/mol. The number of fused-ring (bicyclic) bond motifs is 1. The van der Waals surface area contributed by atoms with E-state index in [1.165, 1.54) is 22.3 Å². The molecular formula is C22H25FN6O3S. The minimum atomic E-state index is -0.582. The molecule has 1 saturated heterocycles. The van der Waals surface area contributed by atoms with E-state index in [1.54, 1.807) is 18.1 Å². The number of likely N-dealkylation sites (tertiary alicyclic amines) is 1. The lowest BCUT2D eigenvalue weighted by molar-refractivity contribution is -0.00214. The first-order chi connectivity index (χ1) is 15.6. The number of anilines is 1. The number of ether oxygens (including phenoxy) is 1. The zero-order chi connectivity index (χ0) is 23.8. The molecule has 1 aliphatic rings. The number of pyridine rings is 1. The number of nitrogens with zero attached hydrogens (tertiary/aromatic N) is 5. The molecule has 0 radical (unpaired) electrons. The van der Waals surface area contributed by atoms with Crippen LogP contribution in [0.2, 0.25) is 0 Å². The van der Waals surface area contributed by atoms with E-state index in [-0.39, 0.29) is 24.4 Å². The molecule has 1 N–H and O–H groups in total. The van der Waals surface area contributed by atoms with E-state index < -0.39 is 17.5 Å². The van der Waals surface area contributed by atoms with Gasteiger partial charge >= 0.3 is 6.09 Å². The third-order valence-corrected chi connectivity index (χ3v) is 6.01. The third-order valence-electron chi connectivity index (χ3n) is 5.10. The lowest BCUT2D eigenvalue weighted by atomic mass is 10.1. The van der Waals surface area contributed by atoms with E-state index in [0.29, 0.717) is 34.6 Å². The Kier molecular flexibility index (Phi) is 6.15. The van der Waals surface area contributed by atoms with Crippen LogP contribution in [-0.2, 0) is 11.3 Å². The third kappa shape index (κ3) is 5.19. The predicted molar refractivity (Wildman–Crippen MR) is 123 cm³/mol. The Balaban J connectivity index is 1.45. The van der Waals surface area contributed by atoms with Crippen LogP contribution in [0.1, 0.15) is 36.8 Å². The highest BCUT2D eigenvalue weighted by Gasteiger charge is 2.38. The number of thiophene rings is 1. The SMILES string of the molecule is CN(C(=O)OC(C)(C)C)C1CN(C(=O)c2nc(NCc3cncc(F)c3)nc3ccsc23)C1. The van der Waals surface area contributed by atoms with Gasteiger partial charge in [-0.2, -0.15) is 0 Å². The number of aromatic nitrogens is 3. The van der Waals surface area contributed by atoms with Gasteiger partial charge in [-0.25, -0.2) is 19.2 Å². The van der Waals surface area contributed by atoms with Crippen molar-refractivity contribution < 1.29 is 18.7 Å². The Morgan fingerprint density at radius 1 is 1.30 bits per heavy atom. The number of hydrogen-bond acceptors (Lipinski definition) is 8. The molecule has 174 valence electrons. The van der Waals surface area contributed by atoms with E-state index in [1.807, 2.05) is 32.2 Å². The molecule has 0 bridgehead atoms. The lowest BCUT2D eigenvalue weighted by Gasteiger charge is -2.43. The van der Waals surface area contributed by atoms with Crippen molar-refractivity contribution in [2.75, 3.05) is 25.5 Å². The normalized spacial score (nSPS) is 14.2. The number of hydrogen-bond donors (Lipinski definition) is 1. The molecule has 0 spiro atoms. The van der Waals surface area contributed by atoms with Crippen molar-refractivity contribution in [3.8, 4) is 0 Å². The number of halogens is 1. The van der Waals surface area contributed by atoms with E-state index in [2.05, 4.69) is 20.3 Å². The van der Waals surface area contributed by atoms with Crippen molar-refractivity contribution in [2.45, 2.75) is 39.0 Å². The first-order valence-corrected chi connectivity index (χ1v) is 11.3. The second kappa shape index (κ2) is 8.89. The maximum atomic E-state index is 13.4. The fourth-order valence-corrected chi connectivity index (χ4v) is 4.13. The maximum absolute atomic E-state index is 13.4. The van der Waals surface area contributed by atoms with Gasteiger partial charge in [0.25, 0.3) is 5.91 Å². The summed E-state index contributed by atoms with van der Waals surface area (Å²) >= 11 is 1.39. The minimum Gasteiger partial charge on any atom is -0.444 e. The zero-order valence-corrected chi connectivity index (χ0v) is 19.6. The summed E-state index contributed by atoms with van der Waals surface area (Å²) in [6, 6.07) is 3.07. The molecule has 0 aromatic carbocycles. The van der Waals surface area contributed by atoms with Gasteiger partial charge in [0.2, 0.25) is 5.95 Å². The Bertz CT molecular complexity index is 1190. The van der Waals surface area contributed by atoms with Gasteiger partial charge in [0, 0.05) is 32.9 Å². The fraction of sp³-hybridized carbons (Fsp3) is 0.409. The molecule has 1 aliphatic heterocycles. The molecule has 4 rings (SSSR count). The van der Waals surface area contributed by atoms with Crippen LogP contribution in [0.25, 0.3) is 10.2 Å². The highest BCUT2D eigenvalue weighted by Crippen LogP contribution is 2.27. The van der Waals surface area contributed by atoms with Crippen molar-refractivity contribution in [3.63, 3.8) is 0 Å². The molecule has 11 heteroatoms. The zero-order valence-electron chi connectivity index (χ0n) is 18.8. The second-order valence-electron chi connectivity index (χ2n) is 8.85. The summed E-state index contributed by atoms with van der Waals surface area (Å²) in [6.07, 6.45) is 2.27. The highest BCUT2D eigenvalue weighted by atomic mass is 32.1. The Morgan fingerprint density at radius 3 is 2.76 bits per heavy atom. The molecule has 0 aliphatic carbocycles. The number of rotatable bonds is 5. The summed E-state index contributed by atoms with van der Waals surface area (Å²) in [5, 5.41) is 4.89. The largest absolute Gasteiger partial charge is 0.444 e. The summed E-state index contributed by atoms with van der Waals surface area (Å²) in [5.74, 6) is -0.381. The summed E-state index contributed by atoms with van der Waals surface area (Å²) < 4.78 is 19.5. The van der Waals surface area contributed by atoms with Crippen molar-refractivity contribution in [1.82, 2.24) is 24.8 Å². The average Bonchev–Trinajstić information content (AvgIpc) is 3.17. The van der Waals surface area contributed by atoms with Gasteiger partial charge in [-0.3, -0.25) is 9.78 Å². The van der Waals surface area contributed by atoms with Gasteiger partial charge in [-0.1, -0.05) is 0 Å². The molecule has 0 saturated carbocycles. The van der Waals surface area contributed by atoms with Crippen molar-refractivity contribution in [2.24, 2.45) is 0 Å². The molecule has 1 fully saturated rings. The molecule has 3 aromatic heterocycles. The van der Waals surface area contributed by atoms with Crippen LogP contribution in [0.3, 0.4) is 0 Å². The maximum Gasteiger partial charge on any atom is 0.410 e. The predicted octanol–water partition coefficient (Wildman–Crippen LogP) is 3.53. The van der Waals surface area contributed by atoms with E-state index >= 15 is 0 Å². The van der Waals surface area contributed by atoms with Crippen LogP contribution in [-0.4, -0.2) is 68.5 Å².